The van der Waals surface area contributed by atoms with E-state index in [0.29, 0.717) is 18.8 Å². The fourth-order valence-electron chi connectivity index (χ4n) is 3.22. The molecule has 0 N–H and O–H groups in total. The maximum Gasteiger partial charge on any atom is 0.158 e. The lowest BCUT2D eigenvalue weighted by Gasteiger charge is -2.32. The van der Waals surface area contributed by atoms with Crippen LogP contribution in [0.5, 0.6) is 0 Å². The Labute approximate surface area is 127 Å². The molecule has 0 aromatic heterocycles. The zero-order chi connectivity index (χ0) is 15.5. The van der Waals surface area contributed by atoms with Crippen LogP contribution in [0.25, 0.3) is 0 Å². The van der Waals surface area contributed by atoms with Crippen LogP contribution in [0, 0.1) is 30.1 Å². The van der Waals surface area contributed by atoms with Crippen LogP contribution >= 0.6 is 0 Å². The Morgan fingerprint density at radius 1 is 1.29 bits per heavy atom. The first-order chi connectivity index (χ1) is 9.97. The molecule has 0 spiro atoms. The first kappa shape index (κ1) is 16.0. The van der Waals surface area contributed by atoms with Gasteiger partial charge in [-0.3, -0.25) is 0 Å². The van der Waals surface area contributed by atoms with Gasteiger partial charge in [0, 0.05) is 0 Å². The third kappa shape index (κ3) is 3.65. The monoisotopic (exact) mass is 305 g/mol. The van der Waals surface area contributed by atoms with E-state index in [1.54, 1.807) is 0 Å². The molecule has 0 amide bonds. The number of nitrogens with zero attached hydrogens (tertiary/aromatic N) is 1. The number of benzene rings is 1. The van der Waals surface area contributed by atoms with E-state index in [1.807, 2.05) is 31.2 Å². The van der Waals surface area contributed by atoms with E-state index < -0.39 is 15.1 Å². The largest absolute Gasteiger partial charge is 0.228 e. The second-order valence-electron chi connectivity index (χ2n) is 6.10. The van der Waals surface area contributed by atoms with Gasteiger partial charge < -0.3 is 0 Å². The summed E-state index contributed by atoms with van der Waals surface area (Å²) in [6.45, 7) is 4.03. The van der Waals surface area contributed by atoms with E-state index in [9.17, 15) is 13.7 Å². The van der Waals surface area contributed by atoms with Gasteiger partial charge >= 0.3 is 0 Å². The molecular formula is C17H23NO2S. The van der Waals surface area contributed by atoms with Gasteiger partial charge in [-0.25, -0.2) is 8.42 Å². The summed E-state index contributed by atoms with van der Waals surface area (Å²) in [5.41, 5.74) is 1.85. The van der Waals surface area contributed by atoms with E-state index >= 15 is 0 Å². The highest BCUT2D eigenvalue weighted by Gasteiger charge is 2.38. The Hall–Kier alpha value is -1.34. The molecule has 114 valence electrons. The highest BCUT2D eigenvalue weighted by Crippen LogP contribution is 2.36. The van der Waals surface area contributed by atoms with E-state index in [1.165, 1.54) is 0 Å². The lowest BCUT2D eigenvalue weighted by atomic mass is 9.81. The molecule has 0 radical (unpaired) electrons. The Balaban J connectivity index is 2.24. The molecule has 3 nitrogen and oxygen atoms in total. The number of hydrogen-bond acceptors (Lipinski definition) is 3. The van der Waals surface area contributed by atoms with Crippen LogP contribution in [-0.4, -0.2) is 13.7 Å². The van der Waals surface area contributed by atoms with Crippen LogP contribution in [-0.2, 0) is 15.6 Å². The molecule has 3 atom stereocenters. The molecule has 3 unspecified atom stereocenters. The second kappa shape index (κ2) is 6.62. The van der Waals surface area contributed by atoms with E-state index in [-0.39, 0.29) is 11.7 Å². The molecule has 2 rings (SSSR count). The lowest BCUT2D eigenvalue weighted by molar-refractivity contribution is 0.308. The van der Waals surface area contributed by atoms with Crippen LogP contribution in [0.1, 0.15) is 43.7 Å². The molecule has 1 aromatic carbocycles. The van der Waals surface area contributed by atoms with Gasteiger partial charge in [0.25, 0.3) is 0 Å². The van der Waals surface area contributed by atoms with Crippen molar-refractivity contribution in [2.75, 3.05) is 0 Å². The molecular weight excluding hydrogens is 282 g/mol. The number of aryl methyl sites for hydroxylation is 1. The Bertz CT molecular complexity index is 630. The van der Waals surface area contributed by atoms with Gasteiger partial charge in [-0.15, -0.1) is 0 Å². The highest BCUT2D eigenvalue weighted by atomic mass is 32.2. The van der Waals surface area contributed by atoms with E-state index in [4.69, 9.17) is 0 Å². The van der Waals surface area contributed by atoms with Gasteiger partial charge in [0.2, 0.25) is 0 Å². The molecule has 1 aromatic rings. The molecule has 4 heteroatoms. The smallest absolute Gasteiger partial charge is 0.158 e. The summed E-state index contributed by atoms with van der Waals surface area (Å²) in [5.74, 6) is 0.145. The van der Waals surface area contributed by atoms with Crippen LogP contribution in [0.4, 0.5) is 0 Å². The van der Waals surface area contributed by atoms with E-state index in [0.717, 1.165) is 24.0 Å². The third-order valence-corrected chi connectivity index (χ3v) is 6.88. The van der Waals surface area contributed by atoms with Gasteiger partial charge in [-0.2, -0.15) is 5.26 Å². The lowest BCUT2D eigenvalue weighted by Crippen LogP contribution is -2.36. The Morgan fingerprint density at radius 3 is 2.62 bits per heavy atom. The molecule has 0 heterocycles. The van der Waals surface area contributed by atoms with Gasteiger partial charge in [0.05, 0.1) is 23.0 Å². The Morgan fingerprint density at radius 2 is 2.00 bits per heavy atom. The number of sulfone groups is 1. The molecule has 21 heavy (non-hydrogen) atoms. The van der Waals surface area contributed by atoms with Gasteiger partial charge in [0.1, 0.15) is 0 Å². The number of rotatable bonds is 4. The van der Waals surface area contributed by atoms with Crippen molar-refractivity contribution in [2.45, 2.75) is 50.5 Å². The van der Waals surface area contributed by atoms with Crippen molar-refractivity contribution in [3.05, 3.63) is 35.4 Å². The summed E-state index contributed by atoms with van der Waals surface area (Å²) in [7, 11) is -3.29. The summed E-state index contributed by atoms with van der Waals surface area (Å²) in [6.07, 6.45) is 3.33. The molecule has 0 saturated heterocycles. The van der Waals surface area contributed by atoms with Crippen LogP contribution < -0.4 is 0 Å². The highest BCUT2D eigenvalue weighted by molar-refractivity contribution is 7.91. The number of hydrogen-bond donors (Lipinski definition) is 0. The van der Waals surface area contributed by atoms with Gasteiger partial charge in [-0.05, 0) is 43.2 Å². The standard InChI is InChI=1S/C17H23NO2S/c1-3-14-8-9-15(11-18)17(10-14)21(19,20)12-16-7-5-4-6-13(16)2/h4-7,14-15,17H,3,8-10,12H2,1-2H3. The Kier molecular flexibility index (Phi) is 5.05. The average molecular weight is 305 g/mol. The predicted molar refractivity (Wildman–Crippen MR) is 84.3 cm³/mol. The quantitative estimate of drug-likeness (QED) is 0.853. The maximum absolute atomic E-state index is 12.8. The summed E-state index contributed by atoms with van der Waals surface area (Å²) >= 11 is 0. The SMILES string of the molecule is CCC1CCC(C#N)C(S(=O)(=O)Cc2ccccc2C)C1. The van der Waals surface area contributed by atoms with E-state index in [2.05, 4.69) is 13.0 Å². The summed E-state index contributed by atoms with van der Waals surface area (Å²) < 4.78 is 25.6. The van der Waals surface area contributed by atoms with Gasteiger partial charge in [-0.1, -0.05) is 37.6 Å². The zero-order valence-corrected chi connectivity index (χ0v) is 13.6. The molecule has 1 aliphatic carbocycles. The van der Waals surface area contributed by atoms with Crippen molar-refractivity contribution >= 4 is 9.84 Å². The fourth-order valence-corrected chi connectivity index (χ4v) is 5.46. The third-order valence-electron chi connectivity index (χ3n) is 4.72. The van der Waals surface area contributed by atoms with Crippen molar-refractivity contribution in [1.29, 1.82) is 5.26 Å². The molecule has 1 saturated carbocycles. The summed E-state index contributed by atoms with van der Waals surface area (Å²) in [5, 5.41) is 8.79. The summed E-state index contributed by atoms with van der Waals surface area (Å²) in [4.78, 5) is 0. The van der Waals surface area contributed by atoms with Crippen molar-refractivity contribution < 1.29 is 8.42 Å². The topological polar surface area (TPSA) is 57.9 Å². The minimum atomic E-state index is -3.29. The average Bonchev–Trinajstić information content (AvgIpc) is 2.48. The molecule has 1 aliphatic rings. The van der Waals surface area contributed by atoms with Gasteiger partial charge in [0.15, 0.2) is 9.84 Å². The minimum Gasteiger partial charge on any atom is -0.228 e. The molecule has 0 bridgehead atoms. The first-order valence-electron chi connectivity index (χ1n) is 7.63. The molecule has 1 fully saturated rings. The van der Waals surface area contributed by atoms with Crippen molar-refractivity contribution in [3.8, 4) is 6.07 Å². The zero-order valence-electron chi connectivity index (χ0n) is 12.7. The van der Waals surface area contributed by atoms with Crippen molar-refractivity contribution in [3.63, 3.8) is 0 Å². The molecule has 0 aliphatic heterocycles. The van der Waals surface area contributed by atoms with Crippen LogP contribution in [0.15, 0.2) is 24.3 Å². The van der Waals surface area contributed by atoms with Crippen LogP contribution in [0.2, 0.25) is 0 Å². The second-order valence-corrected chi connectivity index (χ2v) is 8.31. The summed E-state index contributed by atoms with van der Waals surface area (Å²) in [6, 6.07) is 9.81. The first-order valence-corrected chi connectivity index (χ1v) is 9.35. The van der Waals surface area contributed by atoms with Crippen molar-refractivity contribution in [1.82, 2.24) is 0 Å². The minimum absolute atomic E-state index is 0.0545. The van der Waals surface area contributed by atoms with Crippen molar-refractivity contribution in [2.24, 2.45) is 11.8 Å². The van der Waals surface area contributed by atoms with Crippen LogP contribution in [0.3, 0.4) is 0 Å². The number of nitriles is 1. The normalized spacial score (nSPS) is 26.2. The fraction of sp³-hybridized carbons (Fsp3) is 0.588. The predicted octanol–water partition coefficient (Wildman–Crippen LogP) is 3.63. The maximum atomic E-state index is 12.8.